The van der Waals surface area contributed by atoms with Crippen molar-refractivity contribution in [2.75, 3.05) is 25.5 Å². The highest BCUT2D eigenvalue weighted by Crippen LogP contribution is 2.34. The van der Waals surface area contributed by atoms with Crippen LogP contribution in [0.15, 0.2) is 23.1 Å². The molecule has 1 saturated heterocycles. The Kier molecular flexibility index (Phi) is 5.74. The molecule has 0 saturated carbocycles. The fourth-order valence-electron chi connectivity index (χ4n) is 4.42. The summed E-state index contributed by atoms with van der Waals surface area (Å²) in [5, 5.41) is 3.14. The molecule has 0 aliphatic carbocycles. The van der Waals surface area contributed by atoms with E-state index in [9.17, 15) is 13.2 Å². The standard InChI is InChI=1S/C22H29N5O3S/c1-14-7-8-17(12-15(14)2)31(29,30)26-11-9-18-19(13-26)24-22(25-21(18)23-4)20-6-5-10-27(20)16(3)28/h7-8,12,20H,5-6,9-11,13H2,1-4H3,(H,23,24,25)/t20-/m0/s1. The summed E-state index contributed by atoms with van der Waals surface area (Å²) in [5.74, 6) is 1.31. The number of benzene rings is 1. The van der Waals surface area contributed by atoms with E-state index in [0.717, 1.165) is 35.3 Å². The molecule has 8 nitrogen and oxygen atoms in total. The maximum Gasteiger partial charge on any atom is 0.243 e. The number of hydrogen-bond donors (Lipinski definition) is 1. The van der Waals surface area contributed by atoms with E-state index in [0.29, 0.717) is 35.9 Å². The summed E-state index contributed by atoms with van der Waals surface area (Å²) in [6.45, 7) is 6.72. The lowest BCUT2D eigenvalue weighted by Crippen LogP contribution is -2.37. The normalized spacial score (nSPS) is 19.4. The lowest BCUT2D eigenvalue weighted by atomic mass is 10.1. The maximum atomic E-state index is 13.3. The molecule has 166 valence electrons. The number of nitrogens with zero attached hydrogens (tertiary/aromatic N) is 4. The first-order valence-electron chi connectivity index (χ1n) is 10.6. The van der Waals surface area contributed by atoms with Gasteiger partial charge >= 0.3 is 0 Å². The van der Waals surface area contributed by atoms with Crippen LogP contribution in [0.4, 0.5) is 5.82 Å². The van der Waals surface area contributed by atoms with Crippen LogP contribution in [0.5, 0.6) is 0 Å². The SMILES string of the molecule is CNc1nc([C@@H]2CCCN2C(C)=O)nc2c1CCN(S(=O)(=O)c1ccc(C)c(C)c1)C2. The summed E-state index contributed by atoms with van der Waals surface area (Å²) in [5.41, 5.74) is 3.67. The van der Waals surface area contributed by atoms with E-state index in [1.807, 2.05) is 27.0 Å². The maximum absolute atomic E-state index is 13.3. The Hall–Kier alpha value is -2.52. The molecule has 2 aliphatic heterocycles. The molecule has 0 spiro atoms. The van der Waals surface area contributed by atoms with Crippen LogP contribution in [0.25, 0.3) is 0 Å². The van der Waals surface area contributed by atoms with E-state index in [4.69, 9.17) is 9.97 Å². The van der Waals surface area contributed by atoms with Gasteiger partial charge in [-0.15, -0.1) is 0 Å². The number of amides is 1. The predicted molar refractivity (Wildman–Crippen MR) is 118 cm³/mol. The number of hydrogen-bond acceptors (Lipinski definition) is 6. The van der Waals surface area contributed by atoms with Crippen molar-refractivity contribution in [1.29, 1.82) is 0 Å². The van der Waals surface area contributed by atoms with Gasteiger partial charge in [0.05, 0.1) is 23.2 Å². The second-order valence-corrected chi connectivity index (χ2v) is 10.2. The molecular weight excluding hydrogens is 414 g/mol. The van der Waals surface area contributed by atoms with E-state index in [1.54, 1.807) is 24.0 Å². The number of anilines is 1. The van der Waals surface area contributed by atoms with E-state index in [1.165, 1.54) is 4.31 Å². The Morgan fingerprint density at radius 1 is 1.16 bits per heavy atom. The number of rotatable bonds is 4. The third-order valence-electron chi connectivity index (χ3n) is 6.36. The van der Waals surface area contributed by atoms with Crippen LogP contribution >= 0.6 is 0 Å². The van der Waals surface area contributed by atoms with Gasteiger partial charge in [-0.3, -0.25) is 4.79 Å². The number of aromatic nitrogens is 2. The van der Waals surface area contributed by atoms with Gasteiger partial charge in [-0.1, -0.05) is 6.07 Å². The van der Waals surface area contributed by atoms with Gasteiger partial charge in [0.15, 0.2) is 5.82 Å². The Labute approximate surface area is 183 Å². The largest absolute Gasteiger partial charge is 0.373 e. The number of carbonyl (C=O) groups is 1. The lowest BCUT2D eigenvalue weighted by Gasteiger charge is -2.30. The van der Waals surface area contributed by atoms with E-state index >= 15 is 0 Å². The molecule has 1 aromatic carbocycles. The molecule has 1 amide bonds. The van der Waals surface area contributed by atoms with Crippen molar-refractivity contribution in [2.45, 2.75) is 57.5 Å². The molecule has 2 aromatic rings. The summed E-state index contributed by atoms with van der Waals surface area (Å²) in [7, 11) is -1.82. The van der Waals surface area contributed by atoms with Gasteiger partial charge in [-0.2, -0.15) is 4.31 Å². The van der Waals surface area contributed by atoms with Crippen molar-refractivity contribution >= 4 is 21.7 Å². The molecule has 1 N–H and O–H groups in total. The number of aryl methyl sites for hydroxylation is 2. The molecule has 31 heavy (non-hydrogen) atoms. The van der Waals surface area contributed by atoms with Gasteiger partial charge in [0, 0.05) is 32.6 Å². The first-order chi connectivity index (χ1) is 14.7. The highest BCUT2D eigenvalue weighted by Gasteiger charge is 2.34. The highest BCUT2D eigenvalue weighted by molar-refractivity contribution is 7.89. The molecule has 2 aliphatic rings. The summed E-state index contributed by atoms with van der Waals surface area (Å²) in [6.07, 6.45) is 2.26. The van der Waals surface area contributed by atoms with Crippen molar-refractivity contribution in [1.82, 2.24) is 19.2 Å². The van der Waals surface area contributed by atoms with Gasteiger partial charge in [0.1, 0.15) is 5.82 Å². The zero-order valence-electron chi connectivity index (χ0n) is 18.5. The summed E-state index contributed by atoms with van der Waals surface area (Å²) in [4.78, 5) is 23.6. The van der Waals surface area contributed by atoms with E-state index < -0.39 is 10.0 Å². The first kappa shape index (κ1) is 21.7. The Morgan fingerprint density at radius 3 is 2.61 bits per heavy atom. The number of nitrogens with one attached hydrogen (secondary N) is 1. The van der Waals surface area contributed by atoms with Crippen LogP contribution in [-0.2, 0) is 27.8 Å². The molecule has 3 heterocycles. The van der Waals surface area contributed by atoms with Crippen LogP contribution in [-0.4, -0.2) is 53.6 Å². The van der Waals surface area contributed by atoms with Crippen LogP contribution in [0.3, 0.4) is 0 Å². The Bertz CT molecular complexity index is 1130. The quantitative estimate of drug-likeness (QED) is 0.780. The number of likely N-dealkylation sites (tertiary alicyclic amines) is 1. The summed E-state index contributed by atoms with van der Waals surface area (Å²) >= 11 is 0. The van der Waals surface area contributed by atoms with Gasteiger partial charge in [0.2, 0.25) is 15.9 Å². The minimum atomic E-state index is -3.63. The number of carbonyl (C=O) groups excluding carboxylic acids is 1. The second kappa shape index (κ2) is 8.20. The molecule has 0 unspecified atom stereocenters. The summed E-state index contributed by atoms with van der Waals surface area (Å²) in [6, 6.07) is 5.08. The van der Waals surface area contributed by atoms with Gasteiger partial charge in [-0.05, 0) is 56.4 Å². The van der Waals surface area contributed by atoms with Crippen molar-refractivity contribution < 1.29 is 13.2 Å². The number of fused-ring (bicyclic) bond motifs is 1. The van der Waals surface area contributed by atoms with Crippen molar-refractivity contribution in [3.05, 3.63) is 46.4 Å². The Morgan fingerprint density at radius 2 is 1.94 bits per heavy atom. The van der Waals surface area contributed by atoms with E-state index in [-0.39, 0.29) is 18.5 Å². The topological polar surface area (TPSA) is 95.5 Å². The molecule has 1 aromatic heterocycles. The number of sulfonamides is 1. The molecule has 9 heteroatoms. The average molecular weight is 444 g/mol. The smallest absolute Gasteiger partial charge is 0.243 e. The summed E-state index contributed by atoms with van der Waals surface area (Å²) < 4.78 is 28.1. The van der Waals surface area contributed by atoms with Gasteiger partial charge in [0.25, 0.3) is 0 Å². The van der Waals surface area contributed by atoms with Gasteiger partial charge < -0.3 is 10.2 Å². The third-order valence-corrected chi connectivity index (χ3v) is 8.20. The fraction of sp³-hybridized carbons (Fsp3) is 0.500. The zero-order valence-corrected chi connectivity index (χ0v) is 19.3. The molecular formula is C22H29N5O3S. The van der Waals surface area contributed by atoms with Crippen molar-refractivity contribution in [2.24, 2.45) is 0 Å². The highest BCUT2D eigenvalue weighted by atomic mass is 32.2. The van der Waals surface area contributed by atoms with Crippen LogP contribution in [0.1, 0.15) is 54.0 Å². The van der Waals surface area contributed by atoms with Gasteiger partial charge in [-0.25, -0.2) is 18.4 Å². The monoisotopic (exact) mass is 443 g/mol. The minimum Gasteiger partial charge on any atom is -0.373 e. The van der Waals surface area contributed by atoms with Crippen LogP contribution in [0, 0.1) is 13.8 Å². The minimum absolute atomic E-state index is 0.00812. The average Bonchev–Trinajstić information content (AvgIpc) is 3.24. The molecule has 0 bridgehead atoms. The first-order valence-corrected chi connectivity index (χ1v) is 12.1. The molecule has 1 fully saturated rings. The second-order valence-electron chi connectivity index (χ2n) is 8.31. The zero-order chi connectivity index (χ0) is 22.3. The van der Waals surface area contributed by atoms with Crippen LogP contribution < -0.4 is 5.32 Å². The fourth-order valence-corrected chi connectivity index (χ4v) is 5.91. The Balaban J connectivity index is 1.69. The van der Waals surface area contributed by atoms with Crippen molar-refractivity contribution in [3.63, 3.8) is 0 Å². The molecule has 1 atom stereocenters. The third kappa shape index (κ3) is 3.92. The predicted octanol–water partition coefficient (Wildman–Crippen LogP) is 2.57. The van der Waals surface area contributed by atoms with E-state index in [2.05, 4.69) is 5.32 Å². The molecule has 0 radical (unpaired) electrons. The molecule has 4 rings (SSSR count). The van der Waals surface area contributed by atoms with Crippen molar-refractivity contribution in [3.8, 4) is 0 Å². The lowest BCUT2D eigenvalue weighted by molar-refractivity contribution is -0.129. The van der Waals surface area contributed by atoms with Crippen LogP contribution in [0.2, 0.25) is 0 Å².